The first-order valence-electron chi connectivity index (χ1n) is 5.14. The molecule has 1 aromatic carbocycles. The van der Waals surface area contributed by atoms with Crippen LogP contribution >= 0.6 is 0 Å². The van der Waals surface area contributed by atoms with E-state index in [1.165, 1.54) is 29.9 Å². The third-order valence-electron chi connectivity index (χ3n) is 2.35. The van der Waals surface area contributed by atoms with E-state index in [1.807, 2.05) is 0 Å². The normalized spacial score (nSPS) is 10.1. The molecule has 0 spiro atoms. The average Bonchev–Trinajstić information content (AvgIpc) is 2.87. The Morgan fingerprint density at radius 3 is 2.89 bits per heavy atom. The number of nitro benzene ring substituents is 1. The molecule has 1 N–H and O–H groups in total. The highest BCUT2D eigenvalue weighted by molar-refractivity contribution is 5.91. The van der Waals surface area contributed by atoms with Gasteiger partial charge in [0.05, 0.1) is 10.6 Å². The van der Waals surface area contributed by atoms with Gasteiger partial charge >= 0.3 is 0 Å². The molecular weight excluding hydrogens is 236 g/mol. The highest BCUT2D eigenvalue weighted by Crippen LogP contribution is 2.16. The van der Waals surface area contributed by atoms with Crippen molar-refractivity contribution in [2.45, 2.75) is 0 Å². The number of aromatic nitrogens is 2. The number of rotatable bonds is 3. The number of nitrogens with one attached hydrogen (secondary N) is 1. The predicted molar refractivity (Wildman–Crippen MR) is 63.6 cm³/mol. The molecule has 0 saturated heterocycles. The van der Waals surface area contributed by atoms with Crippen molar-refractivity contribution >= 4 is 11.6 Å². The zero-order chi connectivity index (χ0) is 13.1. The van der Waals surface area contributed by atoms with E-state index in [1.54, 1.807) is 18.3 Å². The first-order valence-corrected chi connectivity index (χ1v) is 5.14. The lowest BCUT2D eigenvalue weighted by atomic mass is 10.3. The third-order valence-corrected chi connectivity index (χ3v) is 2.35. The molecule has 0 bridgehead atoms. The fourth-order valence-electron chi connectivity index (χ4n) is 1.47. The van der Waals surface area contributed by atoms with Crippen LogP contribution in [0.25, 0.3) is 5.69 Å². The molecule has 1 aromatic heterocycles. The van der Waals surface area contributed by atoms with E-state index in [-0.39, 0.29) is 17.3 Å². The van der Waals surface area contributed by atoms with Crippen LogP contribution in [0.2, 0.25) is 0 Å². The summed E-state index contributed by atoms with van der Waals surface area (Å²) in [5.74, 6) is -0.306. The van der Waals surface area contributed by atoms with Gasteiger partial charge in [-0.3, -0.25) is 14.9 Å². The lowest BCUT2D eigenvalue weighted by Gasteiger charge is -2.00. The molecule has 0 unspecified atom stereocenters. The van der Waals surface area contributed by atoms with Crippen molar-refractivity contribution in [3.05, 3.63) is 52.3 Å². The molecule has 0 aliphatic carbocycles. The molecule has 2 rings (SSSR count). The van der Waals surface area contributed by atoms with Gasteiger partial charge in [0.15, 0.2) is 5.69 Å². The summed E-state index contributed by atoms with van der Waals surface area (Å²) >= 11 is 0. The Labute approximate surface area is 102 Å². The maximum atomic E-state index is 11.3. The molecule has 7 nitrogen and oxygen atoms in total. The van der Waals surface area contributed by atoms with E-state index in [2.05, 4.69) is 10.4 Å². The van der Waals surface area contributed by atoms with Crippen LogP contribution in [0.3, 0.4) is 0 Å². The van der Waals surface area contributed by atoms with Crippen LogP contribution < -0.4 is 5.32 Å². The molecule has 92 valence electrons. The average molecular weight is 246 g/mol. The summed E-state index contributed by atoms with van der Waals surface area (Å²) in [6, 6.07) is 7.56. The van der Waals surface area contributed by atoms with Crippen molar-refractivity contribution in [2.24, 2.45) is 0 Å². The fraction of sp³-hybridized carbons (Fsp3) is 0.0909. The zero-order valence-electron chi connectivity index (χ0n) is 9.53. The van der Waals surface area contributed by atoms with Crippen molar-refractivity contribution < 1.29 is 9.72 Å². The Kier molecular flexibility index (Phi) is 3.05. The van der Waals surface area contributed by atoms with Crippen molar-refractivity contribution in [1.29, 1.82) is 0 Å². The number of carbonyl (C=O) groups excluding carboxylic acids is 1. The molecule has 1 amide bonds. The van der Waals surface area contributed by atoms with E-state index >= 15 is 0 Å². The van der Waals surface area contributed by atoms with Crippen LogP contribution in [0.1, 0.15) is 10.5 Å². The second kappa shape index (κ2) is 4.66. The number of carbonyl (C=O) groups is 1. The van der Waals surface area contributed by atoms with Crippen LogP contribution in [0.5, 0.6) is 0 Å². The van der Waals surface area contributed by atoms with E-state index < -0.39 is 4.92 Å². The molecule has 2 aromatic rings. The molecule has 0 radical (unpaired) electrons. The van der Waals surface area contributed by atoms with Gasteiger partial charge in [-0.05, 0) is 12.1 Å². The molecule has 0 aliphatic heterocycles. The van der Waals surface area contributed by atoms with Gasteiger partial charge in [0, 0.05) is 25.4 Å². The first-order chi connectivity index (χ1) is 8.61. The van der Waals surface area contributed by atoms with Gasteiger partial charge in [-0.1, -0.05) is 6.07 Å². The van der Waals surface area contributed by atoms with Gasteiger partial charge in [-0.15, -0.1) is 0 Å². The Hall–Kier alpha value is -2.70. The summed E-state index contributed by atoms with van der Waals surface area (Å²) < 4.78 is 1.41. The Morgan fingerprint density at radius 1 is 1.44 bits per heavy atom. The fourth-order valence-corrected chi connectivity index (χ4v) is 1.47. The lowest BCUT2D eigenvalue weighted by Crippen LogP contribution is -2.18. The molecule has 18 heavy (non-hydrogen) atoms. The third kappa shape index (κ3) is 2.19. The van der Waals surface area contributed by atoms with Gasteiger partial charge in [0.25, 0.3) is 11.6 Å². The van der Waals surface area contributed by atoms with Crippen molar-refractivity contribution in [1.82, 2.24) is 15.1 Å². The minimum Gasteiger partial charge on any atom is -0.354 e. The number of non-ortho nitro benzene ring substituents is 1. The maximum Gasteiger partial charge on any atom is 0.271 e. The van der Waals surface area contributed by atoms with E-state index in [0.29, 0.717) is 5.69 Å². The Morgan fingerprint density at radius 2 is 2.22 bits per heavy atom. The van der Waals surface area contributed by atoms with E-state index in [9.17, 15) is 14.9 Å². The van der Waals surface area contributed by atoms with Crippen molar-refractivity contribution in [3.8, 4) is 5.69 Å². The highest BCUT2D eigenvalue weighted by atomic mass is 16.6. The topological polar surface area (TPSA) is 90.1 Å². The molecule has 0 saturated carbocycles. The second-order valence-corrected chi connectivity index (χ2v) is 3.50. The molecular formula is C11H10N4O3. The summed E-state index contributed by atoms with van der Waals surface area (Å²) in [4.78, 5) is 21.5. The minimum atomic E-state index is -0.480. The lowest BCUT2D eigenvalue weighted by molar-refractivity contribution is -0.384. The van der Waals surface area contributed by atoms with Crippen LogP contribution in [-0.4, -0.2) is 27.7 Å². The Balaban J connectivity index is 2.37. The summed E-state index contributed by atoms with van der Waals surface area (Å²) in [6.07, 6.45) is 1.57. The summed E-state index contributed by atoms with van der Waals surface area (Å²) in [5, 5.41) is 17.1. The van der Waals surface area contributed by atoms with Crippen molar-refractivity contribution in [3.63, 3.8) is 0 Å². The number of hydrogen-bond donors (Lipinski definition) is 1. The zero-order valence-corrected chi connectivity index (χ0v) is 9.53. The van der Waals surface area contributed by atoms with Crippen LogP contribution in [-0.2, 0) is 0 Å². The Bertz CT molecular complexity index is 606. The number of nitrogens with zero attached hydrogens (tertiary/aromatic N) is 3. The van der Waals surface area contributed by atoms with Crippen LogP contribution in [0.4, 0.5) is 5.69 Å². The standard InChI is InChI=1S/C11H10N4O3/c1-12-11(16)10-5-6-14(13-10)8-3-2-4-9(7-8)15(17)18/h2-7H,1H3,(H,12,16). The number of amides is 1. The van der Waals surface area contributed by atoms with Crippen molar-refractivity contribution in [2.75, 3.05) is 7.05 Å². The summed E-state index contributed by atoms with van der Waals surface area (Å²) in [6.45, 7) is 0. The quantitative estimate of drug-likeness (QED) is 0.649. The molecule has 7 heteroatoms. The monoisotopic (exact) mass is 246 g/mol. The summed E-state index contributed by atoms with van der Waals surface area (Å²) in [5.41, 5.74) is 0.757. The maximum absolute atomic E-state index is 11.3. The van der Waals surface area contributed by atoms with Gasteiger partial charge < -0.3 is 5.32 Å². The molecule has 1 heterocycles. The number of nitro groups is 1. The molecule has 0 aliphatic rings. The van der Waals surface area contributed by atoms with E-state index in [4.69, 9.17) is 0 Å². The van der Waals surface area contributed by atoms with Gasteiger partial charge in [-0.25, -0.2) is 4.68 Å². The molecule has 0 fully saturated rings. The SMILES string of the molecule is CNC(=O)c1ccn(-c2cccc([N+](=O)[O-])c2)n1. The number of benzene rings is 1. The molecule has 0 atom stereocenters. The van der Waals surface area contributed by atoms with Crippen LogP contribution in [0, 0.1) is 10.1 Å². The largest absolute Gasteiger partial charge is 0.354 e. The minimum absolute atomic E-state index is 0.0236. The smallest absolute Gasteiger partial charge is 0.271 e. The van der Waals surface area contributed by atoms with Crippen LogP contribution in [0.15, 0.2) is 36.5 Å². The van der Waals surface area contributed by atoms with Gasteiger partial charge in [0.1, 0.15) is 0 Å². The second-order valence-electron chi connectivity index (χ2n) is 3.50. The van der Waals surface area contributed by atoms with Gasteiger partial charge in [0.2, 0.25) is 0 Å². The highest BCUT2D eigenvalue weighted by Gasteiger charge is 2.10. The first kappa shape index (κ1) is 11.8. The van der Waals surface area contributed by atoms with Gasteiger partial charge in [-0.2, -0.15) is 5.10 Å². The van der Waals surface area contributed by atoms with E-state index in [0.717, 1.165) is 0 Å². The predicted octanol–water partition coefficient (Wildman–Crippen LogP) is 1.14. The number of hydrogen-bond acceptors (Lipinski definition) is 4. The summed E-state index contributed by atoms with van der Waals surface area (Å²) in [7, 11) is 1.51.